The zero-order valence-electron chi connectivity index (χ0n) is 7.17. The number of benzene rings is 1. The van der Waals surface area contributed by atoms with Crippen LogP contribution in [0.25, 0.3) is 0 Å². The summed E-state index contributed by atoms with van der Waals surface area (Å²) in [6, 6.07) is 4.01. The van der Waals surface area contributed by atoms with Gasteiger partial charge in [0.1, 0.15) is 0 Å². The molecule has 0 aliphatic carbocycles. The largest absolute Gasteiger partial charge is 1.00 e. The Kier molecular flexibility index (Phi) is 6.04. The maximum Gasteiger partial charge on any atom is 1.00 e. The van der Waals surface area contributed by atoms with Crippen molar-refractivity contribution in [3.8, 4) is 0 Å². The van der Waals surface area contributed by atoms with Crippen molar-refractivity contribution in [3.05, 3.63) is 29.8 Å². The first kappa shape index (κ1) is 14.8. The Balaban J connectivity index is 0.00000169. The standard InChI is InChI=1S/C7H5F3O2S.K/c8-7(9,10)5-3-1-2-4-6(5)13(11)12;/h1-4H,(H,11,12);/q;+1/p-1. The number of hydrogen-bond donors (Lipinski definition) is 0. The molecule has 2 nitrogen and oxygen atoms in total. The predicted molar refractivity (Wildman–Crippen MR) is 38.6 cm³/mol. The van der Waals surface area contributed by atoms with Crippen LogP contribution in [0.1, 0.15) is 5.56 Å². The van der Waals surface area contributed by atoms with Gasteiger partial charge in [-0.15, -0.1) is 0 Å². The van der Waals surface area contributed by atoms with Gasteiger partial charge in [0.15, 0.2) is 0 Å². The SMILES string of the molecule is O=S([O-])c1ccccc1C(F)(F)F.[K+]. The number of hydrogen-bond acceptors (Lipinski definition) is 2. The van der Waals surface area contributed by atoms with Crippen LogP contribution in [-0.4, -0.2) is 8.76 Å². The van der Waals surface area contributed by atoms with Crippen molar-refractivity contribution in [2.24, 2.45) is 0 Å². The quantitative estimate of drug-likeness (QED) is 0.470. The number of rotatable bonds is 1. The molecule has 1 aromatic rings. The van der Waals surface area contributed by atoms with Crippen LogP contribution in [0, 0.1) is 0 Å². The van der Waals surface area contributed by atoms with Crippen LogP contribution in [-0.2, 0) is 17.3 Å². The molecule has 0 saturated carbocycles. The predicted octanol–water partition coefficient (Wildman–Crippen LogP) is -1.05. The van der Waals surface area contributed by atoms with Crippen molar-refractivity contribution >= 4 is 11.1 Å². The van der Waals surface area contributed by atoms with Gasteiger partial charge in [0.25, 0.3) is 0 Å². The van der Waals surface area contributed by atoms with Gasteiger partial charge in [0, 0.05) is 4.90 Å². The molecule has 1 unspecified atom stereocenters. The van der Waals surface area contributed by atoms with Crippen molar-refractivity contribution in [1.29, 1.82) is 0 Å². The van der Waals surface area contributed by atoms with Gasteiger partial charge in [0.05, 0.1) is 5.56 Å². The summed E-state index contributed by atoms with van der Waals surface area (Å²) in [4.78, 5) is -0.727. The van der Waals surface area contributed by atoms with Crippen LogP contribution in [0.5, 0.6) is 0 Å². The van der Waals surface area contributed by atoms with Gasteiger partial charge in [-0.1, -0.05) is 12.1 Å². The first-order valence-electron chi connectivity index (χ1n) is 3.18. The van der Waals surface area contributed by atoms with E-state index in [4.69, 9.17) is 0 Å². The molecule has 0 aliphatic rings. The fourth-order valence-electron chi connectivity index (χ4n) is 0.846. The molecule has 0 radical (unpaired) electrons. The molecular formula is C7H4F3KO2S. The first-order valence-corrected chi connectivity index (χ1v) is 4.26. The van der Waals surface area contributed by atoms with Crippen LogP contribution in [0.3, 0.4) is 0 Å². The zero-order valence-corrected chi connectivity index (χ0v) is 11.1. The number of alkyl halides is 3. The van der Waals surface area contributed by atoms with E-state index in [0.717, 1.165) is 18.2 Å². The molecule has 0 fully saturated rings. The Hall–Kier alpha value is 0.756. The van der Waals surface area contributed by atoms with E-state index in [9.17, 15) is 21.9 Å². The van der Waals surface area contributed by atoms with E-state index < -0.39 is 27.7 Å². The Labute approximate surface area is 124 Å². The average Bonchev–Trinajstić information content (AvgIpc) is 2.03. The van der Waals surface area contributed by atoms with E-state index in [2.05, 4.69) is 0 Å². The van der Waals surface area contributed by atoms with E-state index in [1.54, 1.807) is 0 Å². The molecule has 1 rings (SSSR count). The van der Waals surface area contributed by atoms with Gasteiger partial charge < -0.3 is 4.55 Å². The average molecular weight is 248 g/mol. The monoisotopic (exact) mass is 248 g/mol. The molecule has 72 valence electrons. The summed E-state index contributed by atoms with van der Waals surface area (Å²) < 4.78 is 57.1. The van der Waals surface area contributed by atoms with E-state index in [1.165, 1.54) is 6.07 Å². The van der Waals surface area contributed by atoms with E-state index in [0.29, 0.717) is 0 Å². The normalized spacial score (nSPS) is 13.1. The Morgan fingerprint density at radius 1 is 1.21 bits per heavy atom. The minimum Gasteiger partial charge on any atom is -0.768 e. The minimum atomic E-state index is -4.63. The molecule has 14 heavy (non-hydrogen) atoms. The molecule has 1 atom stereocenters. The maximum atomic E-state index is 12.1. The van der Waals surface area contributed by atoms with E-state index in [1.807, 2.05) is 0 Å². The molecule has 0 saturated heterocycles. The molecule has 0 heterocycles. The molecule has 7 heteroatoms. The summed E-state index contributed by atoms with van der Waals surface area (Å²) in [5, 5.41) is 0. The second-order valence-electron chi connectivity index (χ2n) is 2.23. The van der Waals surface area contributed by atoms with Gasteiger partial charge in [-0.25, -0.2) is 0 Å². The van der Waals surface area contributed by atoms with Crippen molar-refractivity contribution in [2.45, 2.75) is 11.1 Å². The second kappa shape index (κ2) is 5.74. The summed E-state index contributed by atoms with van der Waals surface area (Å²) in [5.74, 6) is 0. The first-order chi connectivity index (χ1) is 5.93. The van der Waals surface area contributed by atoms with Gasteiger partial charge in [0.2, 0.25) is 0 Å². The van der Waals surface area contributed by atoms with Crippen LogP contribution in [0.4, 0.5) is 13.2 Å². The minimum absolute atomic E-state index is 0. The smallest absolute Gasteiger partial charge is 0.768 e. The van der Waals surface area contributed by atoms with E-state index in [-0.39, 0.29) is 51.4 Å². The molecule has 1 aromatic carbocycles. The summed E-state index contributed by atoms with van der Waals surface area (Å²) in [7, 11) is 0. The molecule has 0 aromatic heterocycles. The van der Waals surface area contributed by atoms with Crippen molar-refractivity contribution in [2.75, 3.05) is 0 Å². The Bertz CT molecular complexity index is 340. The third kappa shape index (κ3) is 3.72. The molecule has 0 amide bonds. The van der Waals surface area contributed by atoms with Crippen molar-refractivity contribution < 1.29 is 73.3 Å². The summed E-state index contributed by atoms with van der Waals surface area (Å²) in [6.45, 7) is 0. The molecule has 0 spiro atoms. The van der Waals surface area contributed by atoms with Crippen LogP contribution < -0.4 is 51.4 Å². The Morgan fingerprint density at radius 2 is 1.71 bits per heavy atom. The molecular weight excluding hydrogens is 244 g/mol. The topological polar surface area (TPSA) is 40.1 Å². The maximum absolute atomic E-state index is 12.1. The van der Waals surface area contributed by atoms with Crippen LogP contribution in [0.15, 0.2) is 29.2 Å². The van der Waals surface area contributed by atoms with Gasteiger partial charge in [-0.3, -0.25) is 4.21 Å². The van der Waals surface area contributed by atoms with Gasteiger partial charge in [-0.2, -0.15) is 13.2 Å². The van der Waals surface area contributed by atoms with Crippen LogP contribution >= 0.6 is 0 Å². The fraction of sp³-hybridized carbons (Fsp3) is 0.143. The van der Waals surface area contributed by atoms with Crippen molar-refractivity contribution in [3.63, 3.8) is 0 Å². The third-order valence-electron chi connectivity index (χ3n) is 1.37. The molecule has 0 bridgehead atoms. The van der Waals surface area contributed by atoms with Gasteiger partial charge >= 0.3 is 57.6 Å². The summed E-state index contributed by atoms with van der Waals surface area (Å²) in [5.41, 5.74) is -1.14. The summed E-state index contributed by atoms with van der Waals surface area (Å²) in [6.07, 6.45) is -4.63. The fourth-order valence-corrected chi connectivity index (χ4v) is 1.40. The van der Waals surface area contributed by atoms with E-state index >= 15 is 0 Å². The summed E-state index contributed by atoms with van der Waals surface area (Å²) >= 11 is -2.86. The molecule has 0 aliphatic heterocycles. The second-order valence-corrected chi connectivity index (χ2v) is 3.14. The van der Waals surface area contributed by atoms with Gasteiger partial charge in [-0.05, 0) is 23.2 Å². The Morgan fingerprint density at radius 3 is 2.07 bits per heavy atom. The zero-order chi connectivity index (χ0) is 10.1. The molecule has 0 N–H and O–H groups in total. The van der Waals surface area contributed by atoms with Crippen LogP contribution in [0.2, 0.25) is 0 Å². The van der Waals surface area contributed by atoms with Crippen molar-refractivity contribution in [1.82, 2.24) is 0 Å². The third-order valence-corrected chi connectivity index (χ3v) is 2.09. The number of halogens is 3.